The van der Waals surface area contributed by atoms with Crippen LogP contribution in [-0.4, -0.2) is 0 Å². The van der Waals surface area contributed by atoms with Gasteiger partial charge in [0.15, 0.2) is 0 Å². The van der Waals surface area contributed by atoms with Gasteiger partial charge in [0.05, 0.1) is 0 Å². The lowest BCUT2D eigenvalue weighted by Gasteiger charge is -2.17. The summed E-state index contributed by atoms with van der Waals surface area (Å²) in [5.74, 6) is 0. The molecule has 0 spiro atoms. The summed E-state index contributed by atoms with van der Waals surface area (Å²) < 4.78 is 1.17. The number of aryl methyl sites for hydroxylation is 1. The molecule has 1 nitrogen and oxygen atoms in total. The Morgan fingerprint density at radius 1 is 0.941 bits per heavy atom. The minimum Gasteiger partial charge on any atom is -0.363 e. The first kappa shape index (κ1) is 10.8. The van der Waals surface area contributed by atoms with Gasteiger partial charge in [-0.25, -0.2) is 0 Å². The second-order valence-corrected chi connectivity index (χ2v) is 5.52. The van der Waals surface area contributed by atoms with Crippen molar-refractivity contribution in [1.82, 2.24) is 0 Å². The molecule has 0 N–H and O–H groups in total. The van der Waals surface area contributed by atoms with E-state index in [1.165, 1.54) is 26.9 Å². The van der Waals surface area contributed by atoms with Crippen LogP contribution in [0.4, 0.5) is 5.69 Å². The third-order valence-electron chi connectivity index (χ3n) is 3.29. The van der Waals surface area contributed by atoms with Gasteiger partial charge in [-0.2, -0.15) is 0 Å². The van der Waals surface area contributed by atoms with E-state index < -0.39 is 0 Å². The van der Waals surface area contributed by atoms with Gasteiger partial charge in [-0.3, -0.25) is 0 Å². The maximum absolute atomic E-state index is 3.53. The van der Waals surface area contributed by atoms with Gasteiger partial charge in [-0.15, -0.1) is 0 Å². The number of rotatable bonds is 1. The fourth-order valence-electron chi connectivity index (χ4n) is 2.30. The number of nitrogens with zero attached hydrogens (tertiary/aromatic N) is 1. The molecule has 1 heterocycles. The Bertz CT molecular complexity index is 545. The van der Waals surface area contributed by atoms with Crippen molar-refractivity contribution in [2.45, 2.75) is 20.0 Å². The number of anilines is 1. The zero-order valence-electron chi connectivity index (χ0n) is 9.78. The molecule has 1 aliphatic heterocycles. The summed E-state index contributed by atoms with van der Waals surface area (Å²) in [5, 5.41) is 0. The number of fused-ring (bicyclic) bond motifs is 1. The van der Waals surface area contributed by atoms with Crippen LogP contribution in [0, 0.1) is 6.92 Å². The van der Waals surface area contributed by atoms with E-state index >= 15 is 0 Å². The molecule has 0 saturated heterocycles. The molecule has 17 heavy (non-hydrogen) atoms. The van der Waals surface area contributed by atoms with Crippen molar-refractivity contribution in [3.05, 3.63) is 63.6 Å². The zero-order valence-corrected chi connectivity index (χ0v) is 11.4. The number of halogens is 1. The Morgan fingerprint density at radius 2 is 1.65 bits per heavy atom. The van der Waals surface area contributed by atoms with Crippen molar-refractivity contribution in [1.29, 1.82) is 0 Å². The second-order valence-electron chi connectivity index (χ2n) is 4.60. The largest absolute Gasteiger partial charge is 0.363 e. The average Bonchev–Trinajstić information content (AvgIpc) is 2.72. The summed E-state index contributed by atoms with van der Waals surface area (Å²) in [4.78, 5) is 2.41. The van der Waals surface area contributed by atoms with Crippen LogP contribution in [0.5, 0.6) is 0 Å². The van der Waals surface area contributed by atoms with Crippen molar-refractivity contribution >= 4 is 21.6 Å². The van der Waals surface area contributed by atoms with E-state index in [-0.39, 0.29) is 0 Å². The van der Waals surface area contributed by atoms with Crippen LogP contribution in [-0.2, 0) is 13.1 Å². The standard InChI is InChI=1S/C15H14BrN/c1-11-2-6-15(7-3-11)17-9-12-4-5-14(16)8-13(12)10-17/h2-8H,9-10H2,1H3. The Kier molecular flexibility index (Phi) is 2.67. The van der Waals surface area contributed by atoms with Gasteiger partial charge in [0.2, 0.25) is 0 Å². The molecule has 0 amide bonds. The third-order valence-corrected chi connectivity index (χ3v) is 3.78. The van der Waals surface area contributed by atoms with E-state index in [0.29, 0.717) is 0 Å². The number of benzene rings is 2. The predicted octanol–water partition coefficient (Wildman–Crippen LogP) is 4.28. The van der Waals surface area contributed by atoms with Crippen LogP contribution in [0.15, 0.2) is 46.9 Å². The summed E-state index contributed by atoms with van der Waals surface area (Å²) in [6.07, 6.45) is 0. The Labute approximate surface area is 110 Å². The van der Waals surface area contributed by atoms with Crippen molar-refractivity contribution in [3.63, 3.8) is 0 Å². The highest BCUT2D eigenvalue weighted by Gasteiger charge is 2.18. The average molecular weight is 288 g/mol. The predicted molar refractivity (Wildman–Crippen MR) is 75.2 cm³/mol. The fraction of sp³-hybridized carbons (Fsp3) is 0.200. The summed E-state index contributed by atoms with van der Waals surface area (Å²) >= 11 is 3.53. The molecule has 2 aromatic rings. The van der Waals surface area contributed by atoms with Gasteiger partial charge in [-0.1, -0.05) is 39.7 Å². The highest BCUT2D eigenvalue weighted by atomic mass is 79.9. The van der Waals surface area contributed by atoms with E-state index in [0.717, 1.165) is 13.1 Å². The normalized spacial score (nSPS) is 13.9. The SMILES string of the molecule is Cc1ccc(N2Cc3ccc(Br)cc3C2)cc1. The van der Waals surface area contributed by atoms with Crippen LogP contribution in [0.1, 0.15) is 16.7 Å². The van der Waals surface area contributed by atoms with Crippen molar-refractivity contribution in [2.75, 3.05) is 4.90 Å². The van der Waals surface area contributed by atoms with Crippen LogP contribution in [0.3, 0.4) is 0 Å². The summed E-state index contributed by atoms with van der Waals surface area (Å²) in [5.41, 5.74) is 5.49. The van der Waals surface area contributed by atoms with Crippen LogP contribution < -0.4 is 4.90 Å². The first-order chi connectivity index (χ1) is 8.22. The van der Waals surface area contributed by atoms with E-state index in [2.05, 4.69) is 70.2 Å². The van der Waals surface area contributed by atoms with Gasteiger partial charge in [0.1, 0.15) is 0 Å². The molecule has 0 atom stereocenters. The van der Waals surface area contributed by atoms with E-state index in [1.807, 2.05) is 0 Å². The summed E-state index contributed by atoms with van der Waals surface area (Å²) in [6.45, 7) is 4.16. The highest BCUT2D eigenvalue weighted by molar-refractivity contribution is 9.10. The number of hydrogen-bond donors (Lipinski definition) is 0. The van der Waals surface area contributed by atoms with Crippen molar-refractivity contribution in [3.8, 4) is 0 Å². The molecule has 0 saturated carbocycles. The highest BCUT2D eigenvalue weighted by Crippen LogP contribution is 2.30. The van der Waals surface area contributed by atoms with Gasteiger partial charge >= 0.3 is 0 Å². The molecule has 86 valence electrons. The molecular weight excluding hydrogens is 274 g/mol. The molecule has 2 aromatic carbocycles. The molecular formula is C15H14BrN. The topological polar surface area (TPSA) is 3.24 Å². The molecule has 0 aromatic heterocycles. The minimum absolute atomic E-state index is 1.01. The molecule has 1 aliphatic rings. The van der Waals surface area contributed by atoms with E-state index in [1.54, 1.807) is 0 Å². The Balaban J connectivity index is 1.88. The lowest BCUT2D eigenvalue weighted by atomic mass is 10.1. The quantitative estimate of drug-likeness (QED) is 0.757. The number of hydrogen-bond acceptors (Lipinski definition) is 1. The first-order valence-electron chi connectivity index (χ1n) is 5.81. The molecule has 0 aliphatic carbocycles. The van der Waals surface area contributed by atoms with Gasteiger partial charge in [0.25, 0.3) is 0 Å². The second kappa shape index (κ2) is 4.19. The molecule has 0 radical (unpaired) electrons. The van der Waals surface area contributed by atoms with Crippen molar-refractivity contribution < 1.29 is 0 Å². The Hall–Kier alpha value is -1.28. The summed E-state index contributed by atoms with van der Waals surface area (Å²) in [7, 11) is 0. The third kappa shape index (κ3) is 2.09. The lowest BCUT2D eigenvalue weighted by Crippen LogP contribution is -2.14. The van der Waals surface area contributed by atoms with Gasteiger partial charge in [-0.05, 0) is 42.3 Å². The van der Waals surface area contributed by atoms with Crippen molar-refractivity contribution in [2.24, 2.45) is 0 Å². The van der Waals surface area contributed by atoms with Crippen LogP contribution in [0.2, 0.25) is 0 Å². The van der Waals surface area contributed by atoms with Crippen LogP contribution >= 0.6 is 15.9 Å². The molecule has 2 heteroatoms. The minimum atomic E-state index is 1.01. The van der Waals surface area contributed by atoms with E-state index in [9.17, 15) is 0 Å². The maximum Gasteiger partial charge on any atom is 0.0437 e. The molecule has 0 fully saturated rings. The Morgan fingerprint density at radius 3 is 2.41 bits per heavy atom. The molecule has 3 rings (SSSR count). The lowest BCUT2D eigenvalue weighted by molar-refractivity contribution is 0.880. The monoisotopic (exact) mass is 287 g/mol. The molecule has 0 bridgehead atoms. The van der Waals surface area contributed by atoms with E-state index in [4.69, 9.17) is 0 Å². The van der Waals surface area contributed by atoms with Crippen LogP contribution in [0.25, 0.3) is 0 Å². The summed E-state index contributed by atoms with van der Waals surface area (Å²) in [6, 6.07) is 15.3. The smallest absolute Gasteiger partial charge is 0.0437 e. The van der Waals surface area contributed by atoms with Gasteiger partial charge < -0.3 is 4.90 Å². The zero-order chi connectivity index (χ0) is 11.8. The first-order valence-corrected chi connectivity index (χ1v) is 6.60. The maximum atomic E-state index is 3.53. The fourth-order valence-corrected chi connectivity index (χ4v) is 2.71. The van der Waals surface area contributed by atoms with Gasteiger partial charge in [0, 0.05) is 23.2 Å². The molecule has 0 unspecified atom stereocenters.